The van der Waals surface area contributed by atoms with E-state index in [9.17, 15) is 4.79 Å². The van der Waals surface area contributed by atoms with Crippen LogP contribution in [0.1, 0.15) is 11.3 Å². The van der Waals surface area contributed by atoms with Gasteiger partial charge in [0.1, 0.15) is 5.76 Å². The SMILES string of the molecule is Cc1cccc(Nc2nnc(SCc3ccco3)n(-n3cccc3)c2=O)c1. The summed E-state index contributed by atoms with van der Waals surface area (Å²) < 4.78 is 8.52. The molecule has 0 spiro atoms. The van der Waals surface area contributed by atoms with E-state index in [0.29, 0.717) is 10.9 Å². The molecule has 4 aromatic rings. The molecule has 3 aromatic heterocycles. The summed E-state index contributed by atoms with van der Waals surface area (Å²) in [7, 11) is 0. The Morgan fingerprint density at radius 3 is 2.70 bits per heavy atom. The first-order chi connectivity index (χ1) is 13.2. The highest BCUT2D eigenvalue weighted by Crippen LogP contribution is 2.21. The summed E-state index contributed by atoms with van der Waals surface area (Å²) in [5, 5.41) is 11.9. The molecular formula is C19H17N5O2S. The number of aryl methyl sites for hydroxylation is 1. The van der Waals surface area contributed by atoms with Gasteiger partial charge in [0.15, 0.2) is 0 Å². The van der Waals surface area contributed by atoms with E-state index >= 15 is 0 Å². The molecule has 0 aliphatic carbocycles. The van der Waals surface area contributed by atoms with Crippen molar-refractivity contribution in [3.8, 4) is 0 Å². The summed E-state index contributed by atoms with van der Waals surface area (Å²) in [6, 6.07) is 15.1. The molecule has 0 saturated heterocycles. The molecule has 0 radical (unpaired) electrons. The Balaban J connectivity index is 1.70. The van der Waals surface area contributed by atoms with E-state index in [-0.39, 0.29) is 11.4 Å². The highest BCUT2D eigenvalue weighted by atomic mass is 32.2. The number of hydrogen-bond donors (Lipinski definition) is 1. The third-order valence-electron chi connectivity index (χ3n) is 3.84. The first-order valence-corrected chi connectivity index (χ1v) is 9.31. The highest BCUT2D eigenvalue weighted by Gasteiger charge is 2.15. The van der Waals surface area contributed by atoms with Crippen LogP contribution in [0.25, 0.3) is 0 Å². The molecule has 0 amide bonds. The molecule has 0 unspecified atom stereocenters. The Bertz CT molecular complexity index is 1090. The van der Waals surface area contributed by atoms with Gasteiger partial charge in [0, 0.05) is 18.1 Å². The molecule has 0 aliphatic heterocycles. The van der Waals surface area contributed by atoms with Crippen LogP contribution in [-0.2, 0) is 5.75 Å². The third kappa shape index (κ3) is 3.80. The summed E-state index contributed by atoms with van der Waals surface area (Å²) in [6.45, 7) is 1.99. The van der Waals surface area contributed by atoms with Gasteiger partial charge < -0.3 is 9.73 Å². The second-order valence-corrected chi connectivity index (χ2v) is 6.82. The summed E-state index contributed by atoms with van der Waals surface area (Å²) in [5.41, 5.74) is 1.59. The Kier molecular flexibility index (Phi) is 4.80. The van der Waals surface area contributed by atoms with Crippen LogP contribution >= 0.6 is 11.8 Å². The fraction of sp³-hybridized carbons (Fsp3) is 0.105. The zero-order valence-corrected chi connectivity index (χ0v) is 15.4. The number of aromatic nitrogens is 4. The maximum Gasteiger partial charge on any atom is 0.316 e. The topological polar surface area (TPSA) is 77.9 Å². The lowest BCUT2D eigenvalue weighted by Crippen LogP contribution is -2.30. The molecule has 1 aromatic carbocycles. The monoisotopic (exact) mass is 379 g/mol. The van der Waals surface area contributed by atoms with Crippen LogP contribution in [-0.4, -0.2) is 19.5 Å². The van der Waals surface area contributed by atoms with Crippen LogP contribution in [0.15, 0.2) is 81.6 Å². The molecule has 4 rings (SSSR count). The van der Waals surface area contributed by atoms with Crippen LogP contribution in [0, 0.1) is 6.92 Å². The Morgan fingerprint density at radius 2 is 1.96 bits per heavy atom. The minimum Gasteiger partial charge on any atom is -0.468 e. The van der Waals surface area contributed by atoms with Gasteiger partial charge in [0.05, 0.1) is 12.0 Å². The number of rotatable bonds is 6. The van der Waals surface area contributed by atoms with Gasteiger partial charge in [0.25, 0.3) is 0 Å². The lowest BCUT2D eigenvalue weighted by Gasteiger charge is -2.13. The van der Waals surface area contributed by atoms with Crippen LogP contribution in [0.5, 0.6) is 0 Å². The van der Waals surface area contributed by atoms with Gasteiger partial charge in [-0.15, -0.1) is 10.2 Å². The molecule has 0 fully saturated rings. The quantitative estimate of drug-likeness (QED) is 0.515. The minimum atomic E-state index is -0.287. The number of hydrogen-bond acceptors (Lipinski definition) is 6. The van der Waals surface area contributed by atoms with Gasteiger partial charge in [-0.1, -0.05) is 23.9 Å². The average Bonchev–Trinajstić information content (AvgIpc) is 3.36. The summed E-state index contributed by atoms with van der Waals surface area (Å²) in [5.74, 6) is 1.51. The molecule has 7 nitrogen and oxygen atoms in total. The molecule has 0 atom stereocenters. The number of nitrogens with one attached hydrogen (secondary N) is 1. The molecule has 136 valence electrons. The van der Waals surface area contributed by atoms with Crippen molar-refractivity contribution in [3.05, 3.63) is 88.9 Å². The van der Waals surface area contributed by atoms with Crippen molar-refractivity contribution in [1.82, 2.24) is 19.5 Å². The maximum absolute atomic E-state index is 13.1. The number of anilines is 2. The van der Waals surface area contributed by atoms with Crippen LogP contribution in [0.3, 0.4) is 0 Å². The van der Waals surface area contributed by atoms with Gasteiger partial charge in [-0.25, -0.2) is 0 Å². The molecule has 1 N–H and O–H groups in total. The first kappa shape index (κ1) is 17.2. The predicted molar refractivity (Wildman–Crippen MR) is 104 cm³/mol. The van der Waals surface area contributed by atoms with Crippen molar-refractivity contribution >= 4 is 23.3 Å². The maximum atomic E-state index is 13.1. The van der Waals surface area contributed by atoms with Crippen molar-refractivity contribution in [2.45, 2.75) is 17.8 Å². The molecular weight excluding hydrogens is 362 g/mol. The van der Waals surface area contributed by atoms with E-state index in [2.05, 4.69) is 15.5 Å². The fourth-order valence-corrected chi connectivity index (χ4v) is 3.42. The largest absolute Gasteiger partial charge is 0.468 e. The fourth-order valence-electron chi connectivity index (χ4n) is 2.59. The van der Waals surface area contributed by atoms with Crippen LogP contribution in [0.2, 0.25) is 0 Å². The third-order valence-corrected chi connectivity index (χ3v) is 4.78. The van der Waals surface area contributed by atoms with Crippen molar-refractivity contribution in [3.63, 3.8) is 0 Å². The number of thioether (sulfide) groups is 1. The minimum absolute atomic E-state index is 0.164. The summed E-state index contributed by atoms with van der Waals surface area (Å²) >= 11 is 1.38. The van der Waals surface area contributed by atoms with Gasteiger partial charge >= 0.3 is 5.56 Å². The van der Waals surface area contributed by atoms with Gasteiger partial charge in [0.2, 0.25) is 11.0 Å². The second kappa shape index (κ2) is 7.55. The van der Waals surface area contributed by atoms with Crippen molar-refractivity contribution in [1.29, 1.82) is 0 Å². The molecule has 0 saturated carbocycles. The summed E-state index contributed by atoms with van der Waals surface area (Å²) in [6.07, 6.45) is 5.20. The van der Waals surface area contributed by atoms with E-state index in [1.165, 1.54) is 16.4 Å². The predicted octanol–water partition coefficient (Wildman–Crippen LogP) is 3.69. The van der Waals surface area contributed by atoms with E-state index in [4.69, 9.17) is 4.42 Å². The molecule has 8 heteroatoms. The summed E-state index contributed by atoms with van der Waals surface area (Å²) in [4.78, 5) is 13.1. The van der Waals surface area contributed by atoms with Crippen molar-refractivity contribution < 1.29 is 4.42 Å². The Morgan fingerprint density at radius 1 is 1.11 bits per heavy atom. The van der Waals surface area contributed by atoms with E-state index in [1.54, 1.807) is 23.3 Å². The first-order valence-electron chi connectivity index (χ1n) is 8.33. The van der Waals surface area contributed by atoms with E-state index < -0.39 is 0 Å². The Hall–Kier alpha value is -3.26. The standard InChI is InChI=1S/C19H17N5O2S/c1-14-6-4-7-15(12-14)20-17-18(25)24(23-9-2-3-10-23)19(22-21-17)27-13-16-8-5-11-26-16/h2-12H,13H2,1H3,(H,20,21). The van der Waals surface area contributed by atoms with Gasteiger partial charge in [-0.2, -0.15) is 4.68 Å². The molecule has 0 aliphatic rings. The van der Waals surface area contributed by atoms with Gasteiger partial charge in [-0.05, 0) is 48.9 Å². The van der Waals surface area contributed by atoms with Crippen molar-refractivity contribution in [2.75, 3.05) is 5.32 Å². The normalized spacial score (nSPS) is 10.9. The van der Waals surface area contributed by atoms with E-state index in [0.717, 1.165) is 17.0 Å². The number of benzene rings is 1. The Labute approximate surface area is 159 Å². The van der Waals surface area contributed by atoms with E-state index in [1.807, 2.05) is 55.5 Å². The highest BCUT2D eigenvalue weighted by molar-refractivity contribution is 7.98. The molecule has 27 heavy (non-hydrogen) atoms. The molecule has 0 bridgehead atoms. The lowest BCUT2D eigenvalue weighted by molar-refractivity contribution is 0.523. The van der Waals surface area contributed by atoms with Crippen molar-refractivity contribution in [2.24, 2.45) is 0 Å². The zero-order chi connectivity index (χ0) is 18.6. The average molecular weight is 379 g/mol. The second-order valence-electron chi connectivity index (χ2n) is 5.87. The smallest absolute Gasteiger partial charge is 0.316 e. The van der Waals surface area contributed by atoms with Crippen LogP contribution < -0.4 is 10.9 Å². The lowest BCUT2D eigenvalue weighted by atomic mass is 10.2. The number of furan rings is 1. The zero-order valence-electron chi connectivity index (χ0n) is 14.6. The van der Waals surface area contributed by atoms with Gasteiger partial charge in [-0.3, -0.25) is 9.47 Å². The molecule has 3 heterocycles. The number of nitrogens with zero attached hydrogens (tertiary/aromatic N) is 4. The van der Waals surface area contributed by atoms with Crippen LogP contribution in [0.4, 0.5) is 11.5 Å².